The number of halogens is 4. The highest BCUT2D eigenvalue weighted by molar-refractivity contribution is 9.13. The molecule has 0 aliphatic heterocycles. The Bertz CT molecular complexity index is 1510. The Morgan fingerprint density at radius 3 is 2.63 bits per heavy atom. The quantitative estimate of drug-likeness (QED) is 0.202. The Morgan fingerprint density at radius 1 is 1.11 bits per heavy atom. The number of hydrogen-bond donors (Lipinski definition) is 0. The first kappa shape index (κ1) is 25.5. The highest BCUT2D eigenvalue weighted by Crippen LogP contribution is 2.42. The van der Waals surface area contributed by atoms with Gasteiger partial charge in [0.25, 0.3) is 5.56 Å². The molecule has 6 nitrogen and oxygen atoms in total. The fourth-order valence-electron chi connectivity index (χ4n) is 3.43. The normalized spacial score (nSPS) is 11.4. The standard InChI is InChI=1S/C25H19Br3FN3O3/c1-3-21-31-19-8-7-16(26)11-18(19)25(33)32(21)30-12-15-10-20(34-2)24(23(28)22(15)27)35-13-14-5-4-6-17(29)9-14/h4-12H,3,13H2,1-2H3. The SMILES string of the molecule is CCc1nc2ccc(Br)cc2c(=O)n1N=Cc1cc(OC)c(OCc2cccc(F)c2)c(Br)c1Br. The summed E-state index contributed by atoms with van der Waals surface area (Å²) in [5.74, 6) is 1.10. The lowest BCUT2D eigenvalue weighted by Gasteiger charge is -2.15. The first-order chi connectivity index (χ1) is 16.8. The van der Waals surface area contributed by atoms with Gasteiger partial charge in [-0.05, 0) is 73.8 Å². The Hall–Kier alpha value is -2.56. The second-order valence-corrected chi connectivity index (χ2v) is 9.95. The molecule has 0 amide bonds. The summed E-state index contributed by atoms with van der Waals surface area (Å²) >= 11 is 10.5. The third-order valence-corrected chi connectivity index (χ3v) is 7.79. The molecule has 1 aromatic heterocycles. The molecule has 10 heteroatoms. The van der Waals surface area contributed by atoms with Crippen molar-refractivity contribution in [3.8, 4) is 11.5 Å². The lowest BCUT2D eigenvalue weighted by Crippen LogP contribution is -2.22. The minimum atomic E-state index is -0.331. The van der Waals surface area contributed by atoms with E-state index in [2.05, 4.69) is 57.9 Å². The van der Waals surface area contributed by atoms with Gasteiger partial charge in [-0.2, -0.15) is 9.78 Å². The summed E-state index contributed by atoms with van der Waals surface area (Å²) in [7, 11) is 1.52. The zero-order valence-electron chi connectivity index (χ0n) is 18.7. The van der Waals surface area contributed by atoms with Gasteiger partial charge >= 0.3 is 0 Å². The van der Waals surface area contributed by atoms with Crippen LogP contribution in [0.1, 0.15) is 23.9 Å². The average Bonchev–Trinajstić information content (AvgIpc) is 2.85. The van der Waals surface area contributed by atoms with Crippen LogP contribution < -0.4 is 15.0 Å². The van der Waals surface area contributed by atoms with E-state index in [-0.39, 0.29) is 18.0 Å². The highest BCUT2D eigenvalue weighted by atomic mass is 79.9. The predicted molar refractivity (Wildman–Crippen MR) is 145 cm³/mol. The van der Waals surface area contributed by atoms with Crippen LogP contribution in [0.2, 0.25) is 0 Å². The van der Waals surface area contributed by atoms with E-state index in [9.17, 15) is 9.18 Å². The van der Waals surface area contributed by atoms with E-state index < -0.39 is 0 Å². The molecule has 0 saturated heterocycles. The molecule has 0 N–H and O–H groups in total. The zero-order valence-corrected chi connectivity index (χ0v) is 23.4. The van der Waals surface area contributed by atoms with E-state index in [0.717, 1.165) is 4.47 Å². The molecule has 0 spiro atoms. The van der Waals surface area contributed by atoms with Crippen LogP contribution in [0.25, 0.3) is 10.9 Å². The predicted octanol–water partition coefficient (Wildman–Crippen LogP) is 6.86. The number of benzene rings is 3. The molecule has 180 valence electrons. The maximum absolute atomic E-state index is 13.5. The lowest BCUT2D eigenvalue weighted by atomic mass is 10.2. The van der Waals surface area contributed by atoms with E-state index in [1.807, 2.05) is 13.0 Å². The maximum Gasteiger partial charge on any atom is 0.282 e. The molecule has 3 aromatic carbocycles. The summed E-state index contributed by atoms with van der Waals surface area (Å²) < 4.78 is 28.3. The fraction of sp³-hybridized carbons (Fsp3) is 0.160. The number of fused-ring (bicyclic) bond motifs is 1. The second-order valence-electron chi connectivity index (χ2n) is 7.45. The summed E-state index contributed by atoms with van der Waals surface area (Å²) in [6.45, 7) is 2.07. The van der Waals surface area contributed by atoms with E-state index in [0.29, 0.717) is 54.7 Å². The van der Waals surface area contributed by atoms with Crippen LogP contribution in [-0.2, 0) is 13.0 Å². The van der Waals surface area contributed by atoms with Crippen molar-refractivity contribution in [1.82, 2.24) is 9.66 Å². The molecule has 0 radical (unpaired) electrons. The Balaban J connectivity index is 1.71. The molecule has 0 aliphatic rings. The molecular formula is C25H19Br3FN3O3. The van der Waals surface area contributed by atoms with Crippen LogP contribution in [0.4, 0.5) is 4.39 Å². The molecule has 0 fully saturated rings. The molecule has 0 unspecified atom stereocenters. The van der Waals surface area contributed by atoms with E-state index >= 15 is 0 Å². The second kappa shape index (κ2) is 11.0. The summed E-state index contributed by atoms with van der Waals surface area (Å²) in [6, 6.07) is 13.3. The van der Waals surface area contributed by atoms with Crippen molar-refractivity contribution in [2.45, 2.75) is 20.0 Å². The van der Waals surface area contributed by atoms with E-state index in [4.69, 9.17) is 9.47 Å². The third-order valence-electron chi connectivity index (χ3n) is 5.15. The van der Waals surface area contributed by atoms with Gasteiger partial charge in [0.05, 0.1) is 28.7 Å². The molecule has 0 bridgehead atoms. The monoisotopic (exact) mass is 665 g/mol. The van der Waals surface area contributed by atoms with Gasteiger partial charge in [-0.3, -0.25) is 4.79 Å². The molecular weight excluding hydrogens is 649 g/mol. The molecule has 4 rings (SSSR count). The van der Waals surface area contributed by atoms with Crippen LogP contribution in [0.15, 0.2) is 71.8 Å². The highest BCUT2D eigenvalue weighted by Gasteiger charge is 2.17. The van der Waals surface area contributed by atoms with Gasteiger partial charge in [0, 0.05) is 20.9 Å². The van der Waals surface area contributed by atoms with Crippen LogP contribution in [0.5, 0.6) is 11.5 Å². The van der Waals surface area contributed by atoms with Crippen molar-refractivity contribution in [2.75, 3.05) is 7.11 Å². The van der Waals surface area contributed by atoms with Gasteiger partial charge in [0.1, 0.15) is 18.2 Å². The van der Waals surface area contributed by atoms with Crippen LogP contribution in [0.3, 0.4) is 0 Å². The molecule has 0 saturated carbocycles. The summed E-state index contributed by atoms with van der Waals surface area (Å²) in [5.41, 5.74) is 1.69. The largest absolute Gasteiger partial charge is 0.493 e. The Morgan fingerprint density at radius 2 is 1.91 bits per heavy atom. The van der Waals surface area contributed by atoms with E-state index in [1.165, 1.54) is 23.9 Å². The molecule has 0 atom stereocenters. The topological polar surface area (TPSA) is 65.7 Å². The number of methoxy groups -OCH3 is 1. The molecule has 0 aliphatic carbocycles. The first-order valence-corrected chi connectivity index (χ1v) is 12.9. The van der Waals surface area contributed by atoms with Gasteiger partial charge in [-0.25, -0.2) is 9.37 Å². The minimum absolute atomic E-state index is 0.153. The smallest absolute Gasteiger partial charge is 0.282 e. The number of nitrogens with zero attached hydrogens (tertiary/aromatic N) is 3. The van der Waals surface area contributed by atoms with Gasteiger partial charge < -0.3 is 9.47 Å². The number of aromatic nitrogens is 2. The Kier molecular flexibility index (Phi) is 8.03. The van der Waals surface area contributed by atoms with Gasteiger partial charge in [0.2, 0.25) is 0 Å². The third kappa shape index (κ3) is 5.49. The summed E-state index contributed by atoms with van der Waals surface area (Å²) in [5, 5.41) is 4.91. The minimum Gasteiger partial charge on any atom is -0.493 e. The van der Waals surface area contributed by atoms with Crippen LogP contribution in [0, 0.1) is 5.82 Å². The van der Waals surface area contributed by atoms with Crippen molar-refractivity contribution in [3.63, 3.8) is 0 Å². The average molecular weight is 668 g/mol. The van der Waals surface area contributed by atoms with Gasteiger partial charge in [-0.1, -0.05) is 35.0 Å². The van der Waals surface area contributed by atoms with Crippen molar-refractivity contribution < 1.29 is 13.9 Å². The number of ether oxygens (including phenoxy) is 2. The van der Waals surface area contributed by atoms with Crippen molar-refractivity contribution in [3.05, 3.63) is 95.1 Å². The van der Waals surface area contributed by atoms with Gasteiger partial charge in [0.15, 0.2) is 11.5 Å². The first-order valence-electron chi connectivity index (χ1n) is 10.5. The van der Waals surface area contributed by atoms with E-state index in [1.54, 1.807) is 36.5 Å². The Labute approximate surface area is 226 Å². The van der Waals surface area contributed by atoms with Crippen LogP contribution >= 0.6 is 47.8 Å². The van der Waals surface area contributed by atoms with Crippen molar-refractivity contribution in [2.24, 2.45) is 5.10 Å². The molecule has 1 heterocycles. The number of rotatable bonds is 7. The van der Waals surface area contributed by atoms with Gasteiger partial charge in [-0.15, -0.1) is 0 Å². The number of hydrogen-bond acceptors (Lipinski definition) is 5. The maximum atomic E-state index is 13.5. The van der Waals surface area contributed by atoms with Crippen molar-refractivity contribution in [1.29, 1.82) is 0 Å². The molecule has 35 heavy (non-hydrogen) atoms. The van der Waals surface area contributed by atoms with Crippen LogP contribution in [-0.4, -0.2) is 23.0 Å². The fourth-order valence-corrected chi connectivity index (χ4v) is 4.73. The summed E-state index contributed by atoms with van der Waals surface area (Å²) in [6.07, 6.45) is 2.08. The summed E-state index contributed by atoms with van der Waals surface area (Å²) in [4.78, 5) is 17.7. The lowest BCUT2D eigenvalue weighted by molar-refractivity contribution is 0.282. The van der Waals surface area contributed by atoms with Crippen molar-refractivity contribution >= 4 is 64.9 Å². The molecule has 4 aromatic rings. The zero-order chi connectivity index (χ0) is 25.1. The number of aryl methyl sites for hydroxylation is 1.